The minimum atomic E-state index is 0.406. The van der Waals surface area contributed by atoms with Crippen molar-refractivity contribution in [3.05, 3.63) is 59.7 Å². The van der Waals surface area contributed by atoms with Gasteiger partial charge in [-0.25, -0.2) is 0 Å². The fraction of sp³-hybridized carbons (Fsp3) is 0.333. The molecule has 0 heterocycles. The smallest absolute Gasteiger partial charge is 0.122 e. The molecule has 2 nitrogen and oxygen atoms in total. The SMILES string of the molecule is CCNC(C)c1ccc(SCc2ccccc2OC)cc1. The summed E-state index contributed by atoms with van der Waals surface area (Å²) < 4.78 is 5.39. The third kappa shape index (κ3) is 4.51. The predicted octanol–water partition coefficient (Wildman–Crippen LogP) is 4.66. The van der Waals surface area contributed by atoms with Crippen molar-refractivity contribution in [2.75, 3.05) is 13.7 Å². The summed E-state index contributed by atoms with van der Waals surface area (Å²) in [5, 5.41) is 3.43. The summed E-state index contributed by atoms with van der Waals surface area (Å²) in [5.41, 5.74) is 2.56. The number of benzene rings is 2. The molecule has 3 heteroatoms. The summed E-state index contributed by atoms with van der Waals surface area (Å²) in [6.45, 7) is 5.32. The van der Waals surface area contributed by atoms with Crippen molar-refractivity contribution in [3.8, 4) is 5.75 Å². The van der Waals surface area contributed by atoms with E-state index in [2.05, 4.69) is 55.6 Å². The van der Waals surface area contributed by atoms with Crippen molar-refractivity contribution in [3.63, 3.8) is 0 Å². The molecule has 2 aromatic rings. The molecule has 0 fully saturated rings. The van der Waals surface area contributed by atoms with E-state index >= 15 is 0 Å². The molecule has 0 aliphatic rings. The highest BCUT2D eigenvalue weighted by Gasteiger charge is 2.05. The van der Waals surface area contributed by atoms with Crippen LogP contribution in [0.15, 0.2) is 53.4 Å². The van der Waals surface area contributed by atoms with E-state index in [9.17, 15) is 0 Å². The van der Waals surface area contributed by atoms with Crippen molar-refractivity contribution in [2.24, 2.45) is 0 Å². The summed E-state index contributed by atoms with van der Waals surface area (Å²) in [7, 11) is 1.72. The zero-order valence-electron chi connectivity index (χ0n) is 12.9. The van der Waals surface area contributed by atoms with Crippen LogP contribution in [0.5, 0.6) is 5.75 Å². The number of hydrogen-bond acceptors (Lipinski definition) is 3. The normalized spacial score (nSPS) is 12.1. The number of methoxy groups -OCH3 is 1. The second-order valence-electron chi connectivity index (χ2n) is 4.95. The van der Waals surface area contributed by atoms with Crippen LogP contribution in [0.3, 0.4) is 0 Å². The Morgan fingerprint density at radius 2 is 1.81 bits per heavy atom. The number of ether oxygens (including phenoxy) is 1. The van der Waals surface area contributed by atoms with E-state index in [-0.39, 0.29) is 0 Å². The molecule has 112 valence electrons. The predicted molar refractivity (Wildman–Crippen MR) is 91.1 cm³/mol. The highest BCUT2D eigenvalue weighted by atomic mass is 32.2. The minimum Gasteiger partial charge on any atom is -0.496 e. The molecular weight excluding hydrogens is 278 g/mol. The Bertz CT molecular complexity index is 553. The molecule has 0 saturated heterocycles. The molecule has 1 unspecified atom stereocenters. The lowest BCUT2D eigenvalue weighted by molar-refractivity contribution is 0.411. The average molecular weight is 301 g/mol. The molecule has 0 bridgehead atoms. The molecular formula is C18H23NOS. The van der Waals surface area contributed by atoms with Crippen LogP contribution in [-0.2, 0) is 5.75 Å². The van der Waals surface area contributed by atoms with Crippen LogP contribution in [0.4, 0.5) is 0 Å². The van der Waals surface area contributed by atoms with Gasteiger partial charge in [0.1, 0.15) is 5.75 Å². The molecule has 0 aromatic heterocycles. The molecule has 0 spiro atoms. The molecule has 1 atom stereocenters. The zero-order valence-corrected chi connectivity index (χ0v) is 13.7. The number of rotatable bonds is 7. The van der Waals surface area contributed by atoms with Crippen LogP contribution < -0.4 is 10.1 Å². The molecule has 2 rings (SSSR count). The van der Waals surface area contributed by atoms with Gasteiger partial charge in [0.05, 0.1) is 7.11 Å². The van der Waals surface area contributed by atoms with Crippen molar-refractivity contribution in [2.45, 2.75) is 30.5 Å². The van der Waals surface area contributed by atoms with Gasteiger partial charge in [-0.15, -0.1) is 11.8 Å². The van der Waals surface area contributed by atoms with Crippen LogP contribution >= 0.6 is 11.8 Å². The van der Waals surface area contributed by atoms with E-state index in [0.29, 0.717) is 6.04 Å². The molecule has 1 N–H and O–H groups in total. The van der Waals surface area contributed by atoms with Crippen LogP contribution in [0.2, 0.25) is 0 Å². The van der Waals surface area contributed by atoms with E-state index in [1.807, 2.05) is 23.9 Å². The van der Waals surface area contributed by atoms with Gasteiger partial charge in [0.25, 0.3) is 0 Å². The molecule has 0 saturated carbocycles. The Labute approximate surface area is 131 Å². The van der Waals surface area contributed by atoms with Gasteiger partial charge in [-0.3, -0.25) is 0 Å². The first-order chi connectivity index (χ1) is 10.2. The standard InChI is InChI=1S/C18H23NOS/c1-4-19-14(2)15-9-11-17(12-10-15)21-13-16-7-5-6-8-18(16)20-3/h5-12,14,19H,4,13H2,1-3H3. The first-order valence-corrected chi connectivity index (χ1v) is 8.31. The van der Waals surface area contributed by atoms with Crippen molar-refractivity contribution < 1.29 is 4.74 Å². The van der Waals surface area contributed by atoms with Gasteiger partial charge in [-0.05, 0) is 37.2 Å². The van der Waals surface area contributed by atoms with Crippen molar-refractivity contribution in [1.29, 1.82) is 0 Å². The van der Waals surface area contributed by atoms with E-state index in [4.69, 9.17) is 4.74 Å². The molecule has 0 aliphatic heterocycles. The van der Waals surface area contributed by atoms with Crippen LogP contribution in [0.1, 0.15) is 31.0 Å². The second-order valence-corrected chi connectivity index (χ2v) is 6.00. The van der Waals surface area contributed by atoms with E-state index in [1.54, 1.807) is 7.11 Å². The lowest BCUT2D eigenvalue weighted by Crippen LogP contribution is -2.17. The third-order valence-electron chi connectivity index (χ3n) is 3.48. The highest BCUT2D eigenvalue weighted by molar-refractivity contribution is 7.98. The molecule has 21 heavy (non-hydrogen) atoms. The monoisotopic (exact) mass is 301 g/mol. The molecule has 0 radical (unpaired) electrons. The van der Waals surface area contributed by atoms with Crippen LogP contribution in [0.25, 0.3) is 0 Å². The molecule has 0 aliphatic carbocycles. The van der Waals surface area contributed by atoms with E-state index in [0.717, 1.165) is 18.0 Å². The largest absolute Gasteiger partial charge is 0.496 e. The van der Waals surface area contributed by atoms with Gasteiger partial charge in [-0.2, -0.15) is 0 Å². The van der Waals surface area contributed by atoms with Gasteiger partial charge in [0, 0.05) is 22.3 Å². The van der Waals surface area contributed by atoms with E-state index in [1.165, 1.54) is 16.0 Å². The lowest BCUT2D eigenvalue weighted by atomic mass is 10.1. The Hall–Kier alpha value is -1.45. The Morgan fingerprint density at radius 3 is 2.48 bits per heavy atom. The summed E-state index contributed by atoms with van der Waals surface area (Å²) in [5.74, 6) is 1.88. The lowest BCUT2D eigenvalue weighted by Gasteiger charge is -2.13. The van der Waals surface area contributed by atoms with Crippen LogP contribution in [0, 0.1) is 0 Å². The fourth-order valence-electron chi connectivity index (χ4n) is 2.26. The molecule has 0 amide bonds. The average Bonchev–Trinajstić information content (AvgIpc) is 2.54. The maximum absolute atomic E-state index is 5.39. The number of nitrogens with one attached hydrogen (secondary N) is 1. The number of hydrogen-bond donors (Lipinski definition) is 1. The van der Waals surface area contributed by atoms with Gasteiger partial charge in [0.15, 0.2) is 0 Å². The second kappa shape index (κ2) is 8.11. The number of thioether (sulfide) groups is 1. The van der Waals surface area contributed by atoms with E-state index < -0.39 is 0 Å². The maximum Gasteiger partial charge on any atom is 0.122 e. The highest BCUT2D eigenvalue weighted by Crippen LogP contribution is 2.28. The van der Waals surface area contributed by atoms with Gasteiger partial charge in [0.2, 0.25) is 0 Å². The van der Waals surface area contributed by atoms with Gasteiger partial charge >= 0.3 is 0 Å². The summed E-state index contributed by atoms with van der Waals surface area (Å²) in [6, 6.07) is 17.4. The maximum atomic E-state index is 5.39. The number of para-hydroxylation sites is 1. The first kappa shape index (κ1) is 15.9. The Balaban J connectivity index is 1.97. The quantitative estimate of drug-likeness (QED) is 0.752. The Kier molecular flexibility index (Phi) is 6.15. The zero-order chi connectivity index (χ0) is 15.1. The van der Waals surface area contributed by atoms with Crippen molar-refractivity contribution >= 4 is 11.8 Å². The van der Waals surface area contributed by atoms with Gasteiger partial charge in [-0.1, -0.05) is 37.3 Å². The summed E-state index contributed by atoms with van der Waals surface area (Å²) >= 11 is 1.84. The van der Waals surface area contributed by atoms with Gasteiger partial charge < -0.3 is 10.1 Å². The molecule has 2 aromatic carbocycles. The topological polar surface area (TPSA) is 21.3 Å². The van der Waals surface area contributed by atoms with Crippen LogP contribution in [-0.4, -0.2) is 13.7 Å². The first-order valence-electron chi connectivity index (χ1n) is 7.32. The minimum absolute atomic E-state index is 0.406. The third-order valence-corrected chi connectivity index (χ3v) is 4.54. The fourth-order valence-corrected chi connectivity index (χ4v) is 3.15. The Morgan fingerprint density at radius 1 is 1.10 bits per heavy atom. The van der Waals surface area contributed by atoms with Crippen molar-refractivity contribution in [1.82, 2.24) is 5.32 Å². The summed E-state index contributed by atoms with van der Waals surface area (Å²) in [6.07, 6.45) is 0. The summed E-state index contributed by atoms with van der Waals surface area (Å²) in [4.78, 5) is 1.29.